The van der Waals surface area contributed by atoms with Crippen molar-refractivity contribution in [2.75, 3.05) is 5.32 Å². The first-order chi connectivity index (χ1) is 15.5. The van der Waals surface area contributed by atoms with Gasteiger partial charge in [0.15, 0.2) is 0 Å². The molecule has 0 fully saturated rings. The van der Waals surface area contributed by atoms with Gasteiger partial charge in [0.25, 0.3) is 0 Å². The van der Waals surface area contributed by atoms with Gasteiger partial charge in [-0.25, -0.2) is 14.4 Å². The van der Waals surface area contributed by atoms with E-state index >= 15 is 0 Å². The van der Waals surface area contributed by atoms with Crippen LogP contribution in [-0.4, -0.2) is 15.7 Å². The van der Waals surface area contributed by atoms with Crippen molar-refractivity contribution in [1.82, 2.24) is 9.97 Å². The predicted octanol–water partition coefficient (Wildman–Crippen LogP) is 7.34. The van der Waals surface area contributed by atoms with E-state index in [-0.39, 0.29) is 5.82 Å². The van der Waals surface area contributed by atoms with Gasteiger partial charge in [0.05, 0.1) is 18.0 Å². The Labute approximate surface area is 198 Å². The van der Waals surface area contributed by atoms with Gasteiger partial charge in [-0.2, -0.15) is 0 Å². The third-order valence-electron chi connectivity index (χ3n) is 5.01. The van der Waals surface area contributed by atoms with Crippen molar-refractivity contribution in [2.24, 2.45) is 4.99 Å². The SMILES string of the molecule is Fc1ccccc1C1=NCc2cnc(Nc3cc(Cl)cc(Cl)c3)nc2-c2ccc(Cl)cc21. The molecule has 4 nitrogen and oxygen atoms in total. The Morgan fingerprint density at radius 1 is 0.812 bits per heavy atom. The summed E-state index contributed by atoms with van der Waals surface area (Å²) >= 11 is 18.5. The van der Waals surface area contributed by atoms with Gasteiger partial charge in [0, 0.05) is 49.2 Å². The summed E-state index contributed by atoms with van der Waals surface area (Å²) in [4.78, 5) is 13.8. The van der Waals surface area contributed by atoms with Crippen LogP contribution in [-0.2, 0) is 6.54 Å². The first kappa shape index (κ1) is 20.9. The largest absolute Gasteiger partial charge is 0.324 e. The molecule has 0 saturated carbocycles. The van der Waals surface area contributed by atoms with Crippen molar-refractivity contribution < 1.29 is 4.39 Å². The van der Waals surface area contributed by atoms with Gasteiger partial charge in [0.2, 0.25) is 5.95 Å². The lowest BCUT2D eigenvalue weighted by Crippen LogP contribution is -2.07. The molecule has 1 aromatic heterocycles. The van der Waals surface area contributed by atoms with Crippen LogP contribution in [0.2, 0.25) is 15.1 Å². The maximum absolute atomic E-state index is 14.6. The van der Waals surface area contributed by atoms with Crippen LogP contribution >= 0.6 is 34.8 Å². The molecule has 0 amide bonds. The second-order valence-corrected chi connectivity index (χ2v) is 8.49. The number of aromatic nitrogens is 2. The topological polar surface area (TPSA) is 50.2 Å². The quantitative estimate of drug-likeness (QED) is 0.332. The minimum Gasteiger partial charge on any atom is -0.324 e. The normalized spacial score (nSPS) is 12.4. The molecule has 0 unspecified atom stereocenters. The van der Waals surface area contributed by atoms with Crippen molar-refractivity contribution in [3.8, 4) is 11.3 Å². The number of fused-ring (bicyclic) bond motifs is 3. The fraction of sp³-hybridized carbons (Fsp3) is 0.0417. The first-order valence-electron chi connectivity index (χ1n) is 9.66. The molecule has 0 bridgehead atoms. The zero-order valence-corrected chi connectivity index (χ0v) is 18.7. The van der Waals surface area contributed by atoms with Crippen LogP contribution in [0.1, 0.15) is 16.7 Å². The van der Waals surface area contributed by atoms with Gasteiger partial charge >= 0.3 is 0 Å². The zero-order valence-electron chi connectivity index (χ0n) is 16.4. The highest BCUT2D eigenvalue weighted by atomic mass is 35.5. The van der Waals surface area contributed by atoms with Crippen LogP contribution in [0.25, 0.3) is 11.3 Å². The molecule has 2 heterocycles. The molecular formula is C24H14Cl3FN4. The van der Waals surface area contributed by atoms with Crippen LogP contribution in [0.3, 0.4) is 0 Å². The van der Waals surface area contributed by atoms with E-state index in [9.17, 15) is 4.39 Å². The maximum atomic E-state index is 14.6. The predicted molar refractivity (Wildman–Crippen MR) is 128 cm³/mol. The number of halogens is 4. The summed E-state index contributed by atoms with van der Waals surface area (Å²) in [5.41, 5.74) is 4.59. The van der Waals surface area contributed by atoms with E-state index in [1.165, 1.54) is 6.07 Å². The minimum atomic E-state index is -0.352. The number of hydrogen-bond acceptors (Lipinski definition) is 4. The highest BCUT2D eigenvalue weighted by Gasteiger charge is 2.23. The van der Waals surface area contributed by atoms with E-state index in [1.807, 2.05) is 6.07 Å². The van der Waals surface area contributed by atoms with E-state index in [0.29, 0.717) is 55.8 Å². The summed E-state index contributed by atoms with van der Waals surface area (Å²) in [7, 11) is 0. The lowest BCUT2D eigenvalue weighted by molar-refractivity contribution is 0.625. The van der Waals surface area contributed by atoms with Crippen molar-refractivity contribution in [3.05, 3.63) is 104 Å². The Morgan fingerprint density at radius 2 is 1.59 bits per heavy atom. The average Bonchev–Trinajstić information content (AvgIpc) is 2.90. The Balaban J connectivity index is 1.62. The zero-order chi connectivity index (χ0) is 22.2. The number of rotatable bonds is 3. The molecule has 158 valence electrons. The second-order valence-electron chi connectivity index (χ2n) is 7.19. The molecule has 0 atom stereocenters. The summed E-state index contributed by atoms with van der Waals surface area (Å²) in [5.74, 6) is 0.0201. The number of benzene rings is 3. The van der Waals surface area contributed by atoms with Crippen molar-refractivity contribution in [2.45, 2.75) is 6.54 Å². The molecule has 0 radical (unpaired) electrons. The van der Waals surface area contributed by atoms with Crippen LogP contribution < -0.4 is 5.32 Å². The van der Waals surface area contributed by atoms with Gasteiger partial charge in [-0.1, -0.05) is 53.0 Å². The van der Waals surface area contributed by atoms with E-state index in [1.54, 1.807) is 54.7 Å². The molecule has 0 spiro atoms. The Morgan fingerprint density at radius 3 is 2.38 bits per heavy atom. The summed E-state index contributed by atoms with van der Waals surface area (Å²) in [6.45, 7) is 0.300. The first-order valence-corrected chi connectivity index (χ1v) is 10.8. The van der Waals surface area contributed by atoms with Crippen molar-refractivity contribution >= 4 is 52.2 Å². The fourth-order valence-corrected chi connectivity index (χ4v) is 4.32. The molecule has 8 heteroatoms. The number of nitrogens with one attached hydrogen (secondary N) is 1. The monoisotopic (exact) mass is 482 g/mol. The average molecular weight is 484 g/mol. The highest BCUT2D eigenvalue weighted by Crippen LogP contribution is 2.34. The summed E-state index contributed by atoms with van der Waals surface area (Å²) in [5, 5.41) is 4.66. The summed E-state index contributed by atoms with van der Waals surface area (Å²) in [6, 6.07) is 17.1. The Bertz CT molecular complexity index is 1370. The molecule has 32 heavy (non-hydrogen) atoms. The van der Waals surface area contributed by atoms with Gasteiger partial charge < -0.3 is 5.32 Å². The second kappa shape index (κ2) is 8.51. The third-order valence-corrected chi connectivity index (χ3v) is 5.68. The van der Waals surface area contributed by atoms with Gasteiger partial charge in [-0.05, 0) is 42.5 Å². The lowest BCUT2D eigenvalue weighted by atomic mass is 9.95. The molecule has 3 aromatic carbocycles. The molecule has 1 aliphatic heterocycles. The molecule has 1 N–H and O–H groups in total. The molecule has 0 saturated heterocycles. The summed E-state index contributed by atoms with van der Waals surface area (Å²) in [6.07, 6.45) is 1.71. The number of anilines is 2. The van der Waals surface area contributed by atoms with Crippen LogP contribution in [0, 0.1) is 5.82 Å². The summed E-state index contributed by atoms with van der Waals surface area (Å²) < 4.78 is 14.6. The van der Waals surface area contributed by atoms with E-state index < -0.39 is 0 Å². The fourth-order valence-electron chi connectivity index (χ4n) is 3.62. The molecule has 5 rings (SSSR count). The standard InChI is InChI=1S/C24H14Cl3FN4/c25-14-5-6-18-20(10-14)23(19-3-1-2-4-21(19)28)29-11-13-12-30-24(32-22(13)18)31-17-8-15(26)7-16(27)9-17/h1-10,12H,11H2,(H,30,31,32). The molecule has 0 aliphatic carbocycles. The maximum Gasteiger partial charge on any atom is 0.227 e. The van der Waals surface area contributed by atoms with Gasteiger partial charge in [-0.3, -0.25) is 4.99 Å². The van der Waals surface area contributed by atoms with E-state index in [0.717, 1.165) is 11.1 Å². The smallest absolute Gasteiger partial charge is 0.227 e. The molecule has 1 aliphatic rings. The molecule has 4 aromatic rings. The van der Waals surface area contributed by atoms with Crippen molar-refractivity contribution in [1.29, 1.82) is 0 Å². The Kier molecular flexibility index (Phi) is 5.55. The lowest BCUT2D eigenvalue weighted by Gasteiger charge is -2.13. The van der Waals surface area contributed by atoms with E-state index in [2.05, 4.69) is 10.3 Å². The third kappa shape index (κ3) is 4.07. The van der Waals surface area contributed by atoms with Crippen LogP contribution in [0.5, 0.6) is 0 Å². The van der Waals surface area contributed by atoms with E-state index in [4.69, 9.17) is 44.8 Å². The number of aliphatic imine (C=N–C) groups is 1. The highest BCUT2D eigenvalue weighted by molar-refractivity contribution is 6.35. The Hall–Kier alpha value is -2.99. The van der Waals surface area contributed by atoms with Gasteiger partial charge in [-0.15, -0.1) is 0 Å². The van der Waals surface area contributed by atoms with Gasteiger partial charge in [0.1, 0.15) is 5.82 Å². The van der Waals surface area contributed by atoms with Crippen LogP contribution in [0.15, 0.2) is 71.9 Å². The van der Waals surface area contributed by atoms with Crippen LogP contribution in [0.4, 0.5) is 16.0 Å². The number of nitrogens with zero attached hydrogens (tertiary/aromatic N) is 3. The number of hydrogen-bond donors (Lipinski definition) is 1. The minimum absolute atomic E-state index is 0.300. The van der Waals surface area contributed by atoms with Crippen molar-refractivity contribution in [3.63, 3.8) is 0 Å². The molecular weight excluding hydrogens is 470 g/mol.